The standard InChI is InChI=1S/C20H20N2/c1-22(21-15-14-17-8-3-2-4-9-17)16-19-12-7-11-18-10-5-6-13-20(18)19/h2-13,15H,14,16H2,1H3/b21-15+. The topological polar surface area (TPSA) is 15.6 Å². The van der Waals surface area contributed by atoms with Crippen molar-refractivity contribution in [1.29, 1.82) is 0 Å². The summed E-state index contributed by atoms with van der Waals surface area (Å²) in [7, 11) is 2.02. The van der Waals surface area contributed by atoms with E-state index in [1.54, 1.807) is 0 Å². The molecule has 0 atom stereocenters. The zero-order chi connectivity index (χ0) is 15.2. The second-order valence-corrected chi connectivity index (χ2v) is 5.44. The van der Waals surface area contributed by atoms with E-state index in [1.807, 2.05) is 24.3 Å². The number of rotatable bonds is 5. The molecule has 0 radical (unpaired) electrons. The van der Waals surface area contributed by atoms with Gasteiger partial charge < -0.3 is 0 Å². The van der Waals surface area contributed by atoms with Crippen molar-refractivity contribution in [3.8, 4) is 0 Å². The fourth-order valence-electron chi connectivity index (χ4n) is 2.62. The van der Waals surface area contributed by atoms with E-state index in [0.717, 1.165) is 13.0 Å². The Kier molecular flexibility index (Phi) is 4.50. The molecule has 0 spiro atoms. The van der Waals surface area contributed by atoms with E-state index >= 15 is 0 Å². The predicted octanol–water partition coefficient (Wildman–Crippen LogP) is 4.50. The molecule has 110 valence electrons. The van der Waals surface area contributed by atoms with Crippen LogP contribution >= 0.6 is 0 Å². The van der Waals surface area contributed by atoms with Gasteiger partial charge in [-0.25, -0.2) is 0 Å². The van der Waals surface area contributed by atoms with Crippen molar-refractivity contribution in [2.45, 2.75) is 13.0 Å². The molecule has 0 N–H and O–H groups in total. The molecule has 0 fully saturated rings. The van der Waals surface area contributed by atoms with Gasteiger partial charge in [-0.3, -0.25) is 5.01 Å². The first-order valence-corrected chi connectivity index (χ1v) is 7.57. The van der Waals surface area contributed by atoms with E-state index in [4.69, 9.17) is 0 Å². The van der Waals surface area contributed by atoms with Crippen LogP contribution in [-0.2, 0) is 13.0 Å². The monoisotopic (exact) mass is 288 g/mol. The Labute approximate surface area is 131 Å². The maximum atomic E-state index is 4.53. The Bertz CT molecular complexity index is 758. The predicted molar refractivity (Wildman–Crippen MR) is 94.1 cm³/mol. The normalized spacial score (nSPS) is 11.1. The highest BCUT2D eigenvalue weighted by atomic mass is 15.4. The van der Waals surface area contributed by atoms with Crippen LogP contribution in [-0.4, -0.2) is 18.3 Å². The fraction of sp³-hybridized carbons (Fsp3) is 0.150. The summed E-state index contributed by atoms with van der Waals surface area (Å²) in [6.45, 7) is 0.812. The molecule has 3 aromatic rings. The first-order chi connectivity index (χ1) is 10.8. The second-order valence-electron chi connectivity index (χ2n) is 5.44. The maximum absolute atomic E-state index is 4.53. The Hall–Kier alpha value is -2.61. The molecular formula is C20H20N2. The summed E-state index contributed by atoms with van der Waals surface area (Å²) in [5.41, 5.74) is 2.59. The van der Waals surface area contributed by atoms with Gasteiger partial charge in [0.2, 0.25) is 0 Å². The molecule has 0 aliphatic carbocycles. The van der Waals surface area contributed by atoms with E-state index in [1.165, 1.54) is 21.9 Å². The third kappa shape index (κ3) is 3.53. The molecular weight excluding hydrogens is 268 g/mol. The molecule has 0 aromatic heterocycles. The Morgan fingerprint density at radius 1 is 0.864 bits per heavy atom. The fourth-order valence-corrected chi connectivity index (χ4v) is 2.62. The maximum Gasteiger partial charge on any atom is 0.0613 e. The average Bonchev–Trinajstić information content (AvgIpc) is 2.56. The van der Waals surface area contributed by atoms with Crippen molar-refractivity contribution in [1.82, 2.24) is 5.01 Å². The zero-order valence-corrected chi connectivity index (χ0v) is 12.8. The van der Waals surface area contributed by atoms with Gasteiger partial charge in [-0.1, -0.05) is 72.8 Å². The van der Waals surface area contributed by atoms with Crippen LogP contribution in [0.3, 0.4) is 0 Å². The van der Waals surface area contributed by atoms with Crippen molar-refractivity contribution < 1.29 is 0 Å². The quantitative estimate of drug-likeness (QED) is 0.498. The van der Waals surface area contributed by atoms with Crippen molar-refractivity contribution in [3.63, 3.8) is 0 Å². The number of hydrazone groups is 1. The lowest BCUT2D eigenvalue weighted by atomic mass is 10.0. The van der Waals surface area contributed by atoms with Crippen LogP contribution in [0, 0.1) is 0 Å². The third-order valence-electron chi connectivity index (χ3n) is 3.73. The summed E-state index contributed by atoms with van der Waals surface area (Å²) >= 11 is 0. The van der Waals surface area contributed by atoms with E-state index in [2.05, 4.69) is 71.8 Å². The summed E-state index contributed by atoms with van der Waals surface area (Å²) in [5, 5.41) is 9.10. The number of benzene rings is 3. The van der Waals surface area contributed by atoms with Gasteiger partial charge >= 0.3 is 0 Å². The van der Waals surface area contributed by atoms with E-state index < -0.39 is 0 Å². The van der Waals surface area contributed by atoms with E-state index in [-0.39, 0.29) is 0 Å². The number of hydrogen-bond donors (Lipinski definition) is 0. The molecule has 0 amide bonds. The highest BCUT2D eigenvalue weighted by Crippen LogP contribution is 2.19. The molecule has 3 rings (SSSR count). The van der Waals surface area contributed by atoms with Crippen LogP contribution in [0.25, 0.3) is 10.8 Å². The van der Waals surface area contributed by atoms with Crippen LogP contribution in [0.4, 0.5) is 0 Å². The first kappa shape index (κ1) is 14.3. The third-order valence-corrected chi connectivity index (χ3v) is 3.73. The molecule has 0 bridgehead atoms. The molecule has 0 heterocycles. The lowest BCUT2D eigenvalue weighted by Gasteiger charge is -2.14. The van der Waals surface area contributed by atoms with E-state index in [9.17, 15) is 0 Å². The van der Waals surface area contributed by atoms with E-state index in [0.29, 0.717) is 0 Å². The lowest BCUT2D eigenvalue weighted by molar-refractivity contribution is 0.349. The van der Waals surface area contributed by atoms with Crippen LogP contribution in [0.2, 0.25) is 0 Å². The van der Waals surface area contributed by atoms with Crippen molar-refractivity contribution in [2.75, 3.05) is 7.05 Å². The second kappa shape index (κ2) is 6.90. The summed E-state index contributed by atoms with van der Waals surface area (Å²) in [5.74, 6) is 0. The van der Waals surface area contributed by atoms with Gasteiger partial charge in [-0.05, 0) is 21.9 Å². The molecule has 0 unspecified atom stereocenters. The molecule has 22 heavy (non-hydrogen) atoms. The van der Waals surface area contributed by atoms with Crippen LogP contribution in [0.1, 0.15) is 11.1 Å². The average molecular weight is 288 g/mol. The minimum Gasteiger partial charge on any atom is -0.296 e. The number of fused-ring (bicyclic) bond motifs is 1. The minimum atomic E-state index is 0.812. The van der Waals surface area contributed by atoms with Gasteiger partial charge in [0.1, 0.15) is 0 Å². The van der Waals surface area contributed by atoms with Gasteiger partial charge in [0, 0.05) is 19.7 Å². The largest absolute Gasteiger partial charge is 0.296 e. The van der Waals surface area contributed by atoms with Gasteiger partial charge in [0.25, 0.3) is 0 Å². The summed E-state index contributed by atoms with van der Waals surface area (Å²) in [4.78, 5) is 0. The Morgan fingerprint density at radius 2 is 1.59 bits per heavy atom. The Balaban J connectivity index is 1.67. The number of nitrogens with zero attached hydrogens (tertiary/aromatic N) is 2. The van der Waals surface area contributed by atoms with Crippen LogP contribution < -0.4 is 0 Å². The van der Waals surface area contributed by atoms with Gasteiger partial charge in [0.05, 0.1) is 6.54 Å². The van der Waals surface area contributed by atoms with Gasteiger partial charge in [-0.15, -0.1) is 0 Å². The van der Waals surface area contributed by atoms with Crippen molar-refractivity contribution in [3.05, 3.63) is 83.9 Å². The SMILES string of the molecule is CN(Cc1cccc2ccccc12)/N=C/Cc1ccccc1. The van der Waals surface area contributed by atoms with Crippen LogP contribution in [0.15, 0.2) is 77.9 Å². The molecule has 3 aromatic carbocycles. The molecule has 2 heteroatoms. The molecule has 0 aliphatic rings. The first-order valence-electron chi connectivity index (χ1n) is 7.57. The molecule has 0 aliphatic heterocycles. The summed E-state index contributed by atoms with van der Waals surface area (Å²) < 4.78 is 0. The summed E-state index contributed by atoms with van der Waals surface area (Å²) in [6, 6.07) is 25.3. The van der Waals surface area contributed by atoms with Crippen molar-refractivity contribution >= 4 is 17.0 Å². The zero-order valence-electron chi connectivity index (χ0n) is 12.8. The van der Waals surface area contributed by atoms with Gasteiger partial charge in [0.15, 0.2) is 0 Å². The van der Waals surface area contributed by atoms with Crippen LogP contribution in [0.5, 0.6) is 0 Å². The minimum absolute atomic E-state index is 0.812. The smallest absolute Gasteiger partial charge is 0.0613 e. The highest BCUT2D eigenvalue weighted by Gasteiger charge is 2.02. The Morgan fingerprint density at radius 3 is 2.45 bits per heavy atom. The molecule has 0 saturated heterocycles. The highest BCUT2D eigenvalue weighted by molar-refractivity contribution is 5.85. The molecule has 0 saturated carbocycles. The number of hydrogen-bond acceptors (Lipinski definition) is 2. The van der Waals surface area contributed by atoms with Crippen molar-refractivity contribution in [2.24, 2.45) is 5.10 Å². The lowest BCUT2D eigenvalue weighted by Crippen LogP contribution is -2.11. The summed E-state index contributed by atoms with van der Waals surface area (Å²) in [6.07, 6.45) is 2.83. The van der Waals surface area contributed by atoms with Gasteiger partial charge in [-0.2, -0.15) is 5.10 Å². The molecule has 2 nitrogen and oxygen atoms in total.